The van der Waals surface area contributed by atoms with Crippen LogP contribution in [-0.2, 0) is 29.1 Å². The number of benzene rings is 1. The number of nitrogens with zero attached hydrogens (tertiary/aromatic N) is 4. The highest BCUT2D eigenvalue weighted by atomic mass is 32.2. The maximum Gasteiger partial charge on any atom is 0.233 e. The molecule has 1 saturated carbocycles. The van der Waals surface area contributed by atoms with E-state index in [1.54, 1.807) is 0 Å². The third-order valence-corrected chi connectivity index (χ3v) is 7.37. The molecule has 7 nitrogen and oxygen atoms in total. The van der Waals surface area contributed by atoms with Crippen molar-refractivity contribution < 1.29 is 14.3 Å². The molecule has 1 aromatic heterocycles. The van der Waals surface area contributed by atoms with E-state index in [4.69, 9.17) is 9.47 Å². The Bertz CT molecular complexity index is 913. The van der Waals surface area contributed by atoms with Crippen LogP contribution in [-0.4, -0.2) is 56.6 Å². The molecule has 180 valence electrons. The van der Waals surface area contributed by atoms with E-state index < -0.39 is 0 Å². The van der Waals surface area contributed by atoms with Crippen molar-refractivity contribution in [3.8, 4) is 5.75 Å². The van der Waals surface area contributed by atoms with Crippen LogP contribution in [0.25, 0.3) is 0 Å². The van der Waals surface area contributed by atoms with E-state index in [2.05, 4.69) is 47.7 Å². The van der Waals surface area contributed by atoms with E-state index >= 15 is 0 Å². The lowest BCUT2D eigenvalue weighted by Gasteiger charge is -2.43. The average molecular weight is 473 g/mol. The highest BCUT2D eigenvalue weighted by Crippen LogP contribution is 2.29. The summed E-state index contributed by atoms with van der Waals surface area (Å²) in [6.07, 6.45) is 5.70. The summed E-state index contributed by atoms with van der Waals surface area (Å²) in [5.74, 6) is 2.59. The lowest BCUT2D eigenvalue weighted by Crippen LogP contribution is -2.55. The second-order valence-corrected chi connectivity index (χ2v) is 10.3. The smallest absolute Gasteiger partial charge is 0.233 e. The molecule has 2 unspecified atom stereocenters. The molecule has 1 amide bonds. The quantitative estimate of drug-likeness (QED) is 0.506. The highest BCUT2D eigenvalue weighted by molar-refractivity contribution is 7.99. The number of aryl methyl sites for hydroxylation is 1. The Kier molecular flexibility index (Phi) is 8.30. The summed E-state index contributed by atoms with van der Waals surface area (Å²) in [6, 6.07) is 8.40. The van der Waals surface area contributed by atoms with Crippen LogP contribution >= 0.6 is 11.8 Å². The van der Waals surface area contributed by atoms with Crippen molar-refractivity contribution >= 4 is 17.7 Å². The van der Waals surface area contributed by atoms with Crippen LogP contribution in [0.2, 0.25) is 0 Å². The van der Waals surface area contributed by atoms with E-state index in [0.717, 1.165) is 42.5 Å². The zero-order valence-electron chi connectivity index (χ0n) is 20.0. The number of hydrogen-bond donors (Lipinski definition) is 0. The van der Waals surface area contributed by atoms with E-state index in [1.807, 2.05) is 17.0 Å². The van der Waals surface area contributed by atoms with Crippen molar-refractivity contribution in [2.45, 2.75) is 83.3 Å². The molecule has 1 aliphatic carbocycles. The summed E-state index contributed by atoms with van der Waals surface area (Å²) in [5.41, 5.74) is 1.29. The predicted molar refractivity (Wildman–Crippen MR) is 129 cm³/mol. The predicted octanol–water partition coefficient (Wildman–Crippen LogP) is 4.34. The van der Waals surface area contributed by atoms with E-state index in [-0.39, 0.29) is 18.1 Å². The van der Waals surface area contributed by atoms with Crippen LogP contribution < -0.4 is 4.74 Å². The van der Waals surface area contributed by atoms with Gasteiger partial charge >= 0.3 is 0 Å². The van der Waals surface area contributed by atoms with Crippen molar-refractivity contribution in [1.82, 2.24) is 19.7 Å². The van der Waals surface area contributed by atoms with Gasteiger partial charge in [0.15, 0.2) is 11.0 Å². The number of ether oxygens (including phenoxy) is 2. The molecular formula is C25H36N4O3S. The van der Waals surface area contributed by atoms with Crippen LogP contribution in [0, 0.1) is 5.92 Å². The Balaban J connectivity index is 1.39. The van der Waals surface area contributed by atoms with Crippen LogP contribution in [0.1, 0.15) is 57.8 Å². The minimum atomic E-state index is 0.174. The van der Waals surface area contributed by atoms with Crippen LogP contribution in [0.3, 0.4) is 0 Å². The number of rotatable bonds is 9. The normalized spacial score (nSPS) is 20.7. The first kappa shape index (κ1) is 24.1. The summed E-state index contributed by atoms with van der Waals surface area (Å²) in [6.45, 7) is 8.96. The summed E-state index contributed by atoms with van der Waals surface area (Å²) in [5, 5.41) is 9.59. The fraction of sp³-hybridized carbons (Fsp3) is 0.640. The molecule has 2 atom stereocenters. The third-order valence-electron chi connectivity index (χ3n) is 6.42. The number of hydrogen-bond acceptors (Lipinski definition) is 6. The molecule has 0 radical (unpaired) electrons. The highest BCUT2D eigenvalue weighted by Gasteiger charge is 2.36. The Morgan fingerprint density at radius 2 is 2.00 bits per heavy atom. The molecule has 1 saturated heterocycles. The van der Waals surface area contributed by atoms with Crippen molar-refractivity contribution in [3.63, 3.8) is 0 Å². The Labute approximate surface area is 201 Å². The number of amides is 1. The SMILES string of the molecule is CCc1ccc(OCc2nnc(SCC(=O)N3CCOC4CCCCC43)n2CC(C)C)cc1. The molecule has 1 aromatic carbocycles. The van der Waals surface area contributed by atoms with Crippen molar-refractivity contribution in [3.05, 3.63) is 35.7 Å². The fourth-order valence-electron chi connectivity index (χ4n) is 4.67. The first-order chi connectivity index (χ1) is 16.0. The van der Waals surface area contributed by atoms with Crippen molar-refractivity contribution in [2.24, 2.45) is 5.92 Å². The van der Waals surface area contributed by atoms with E-state index in [1.165, 1.54) is 30.2 Å². The molecule has 1 aliphatic heterocycles. The van der Waals surface area contributed by atoms with Crippen molar-refractivity contribution in [1.29, 1.82) is 0 Å². The molecule has 33 heavy (non-hydrogen) atoms. The molecule has 2 fully saturated rings. The molecule has 2 aliphatic rings. The van der Waals surface area contributed by atoms with Crippen LogP contribution in [0.15, 0.2) is 29.4 Å². The molecule has 0 bridgehead atoms. The minimum absolute atomic E-state index is 0.174. The second-order valence-electron chi connectivity index (χ2n) is 9.33. The van der Waals surface area contributed by atoms with Gasteiger partial charge in [-0.25, -0.2) is 0 Å². The Hall–Kier alpha value is -2.06. The van der Waals surface area contributed by atoms with Gasteiger partial charge in [-0.15, -0.1) is 10.2 Å². The monoisotopic (exact) mass is 472 g/mol. The molecule has 0 N–H and O–H groups in total. The zero-order chi connectivity index (χ0) is 23.2. The second kappa shape index (κ2) is 11.4. The van der Waals surface area contributed by atoms with Gasteiger partial charge in [0.05, 0.1) is 24.5 Å². The molecule has 0 spiro atoms. The number of thioether (sulfide) groups is 1. The summed E-state index contributed by atoms with van der Waals surface area (Å²) >= 11 is 1.48. The molecule has 2 heterocycles. The standard InChI is InChI=1S/C25H36N4O3S/c1-4-19-9-11-20(12-10-19)32-16-23-26-27-25(29(23)15-18(2)3)33-17-24(30)28-13-14-31-22-8-6-5-7-21(22)28/h9-12,18,21-22H,4-8,13-17H2,1-3H3. The van der Waals surface area contributed by atoms with Gasteiger partial charge in [0.2, 0.25) is 5.91 Å². The van der Waals surface area contributed by atoms with Gasteiger partial charge in [-0.3, -0.25) is 4.79 Å². The van der Waals surface area contributed by atoms with Gasteiger partial charge in [0, 0.05) is 13.1 Å². The summed E-state index contributed by atoms with van der Waals surface area (Å²) in [7, 11) is 0. The fourth-order valence-corrected chi connectivity index (χ4v) is 5.52. The topological polar surface area (TPSA) is 69.5 Å². The summed E-state index contributed by atoms with van der Waals surface area (Å²) < 4.78 is 14.0. The number of carbonyl (C=O) groups is 1. The summed E-state index contributed by atoms with van der Waals surface area (Å²) in [4.78, 5) is 15.1. The van der Waals surface area contributed by atoms with Gasteiger partial charge in [-0.1, -0.05) is 57.5 Å². The minimum Gasteiger partial charge on any atom is -0.486 e. The van der Waals surface area contributed by atoms with Gasteiger partial charge < -0.3 is 18.9 Å². The lowest BCUT2D eigenvalue weighted by molar-refractivity contribution is -0.146. The molecule has 2 aromatic rings. The number of morpholine rings is 1. The van der Waals surface area contributed by atoms with Gasteiger partial charge in [-0.05, 0) is 42.9 Å². The number of carbonyl (C=O) groups excluding carboxylic acids is 1. The molecule has 4 rings (SSSR count). The third kappa shape index (κ3) is 6.09. The first-order valence-corrected chi connectivity index (χ1v) is 13.2. The maximum absolute atomic E-state index is 13.1. The van der Waals surface area contributed by atoms with Crippen molar-refractivity contribution in [2.75, 3.05) is 18.9 Å². The van der Waals surface area contributed by atoms with Gasteiger partial charge in [-0.2, -0.15) is 0 Å². The van der Waals surface area contributed by atoms with Crippen LogP contribution in [0.5, 0.6) is 5.75 Å². The first-order valence-electron chi connectivity index (χ1n) is 12.2. The van der Waals surface area contributed by atoms with Gasteiger partial charge in [0.25, 0.3) is 0 Å². The Morgan fingerprint density at radius 3 is 2.76 bits per heavy atom. The molecule has 8 heteroatoms. The van der Waals surface area contributed by atoms with Gasteiger partial charge in [0.1, 0.15) is 12.4 Å². The molecular weight excluding hydrogens is 436 g/mol. The lowest BCUT2D eigenvalue weighted by atomic mass is 9.90. The van der Waals surface area contributed by atoms with E-state index in [0.29, 0.717) is 31.4 Å². The van der Waals surface area contributed by atoms with Crippen LogP contribution in [0.4, 0.5) is 0 Å². The largest absolute Gasteiger partial charge is 0.486 e. The average Bonchev–Trinajstić information content (AvgIpc) is 3.21. The maximum atomic E-state index is 13.1. The Morgan fingerprint density at radius 1 is 1.21 bits per heavy atom. The zero-order valence-corrected chi connectivity index (χ0v) is 20.9. The van der Waals surface area contributed by atoms with E-state index in [9.17, 15) is 4.79 Å². The number of aromatic nitrogens is 3. The number of fused-ring (bicyclic) bond motifs is 1.